The summed E-state index contributed by atoms with van der Waals surface area (Å²) in [5, 5.41) is 13.1. The van der Waals surface area contributed by atoms with E-state index in [1.165, 1.54) is 0 Å². The van der Waals surface area contributed by atoms with Gasteiger partial charge in [0.2, 0.25) is 0 Å². The van der Waals surface area contributed by atoms with Gasteiger partial charge >= 0.3 is 6.03 Å². The third-order valence-electron chi connectivity index (χ3n) is 6.10. The van der Waals surface area contributed by atoms with Gasteiger partial charge in [0.1, 0.15) is 5.75 Å². The first-order valence-electron chi connectivity index (χ1n) is 10.3. The number of amides is 2. The molecular weight excluding hydrogens is 366 g/mol. The number of benzene rings is 2. The second kappa shape index (κ2) is 8.43. The minimum absolute atomic E-state index is 0.0493. The zero-order chi connectivity index (χ0) is 20.4. The minimum Gasteiger partial charge on any atom is -0.497 e. The molecule has 2 N–H and O–H groups in total. The Kier molecular flexibility index (Phi) is 5.74. The Hall–Kier alpha value is -2.57. The van der Waals surface area contributed by atoms with Crippen molar-refractivity contribution in [2.75, 3.05) is 31.7 Å². The summed E-state index contributed by atoms with van der Waals surface area (Å²) in [6.45, 7) is 4.15. The largest absolute Gasteiger partial charge is 0.497 e. The van der Waals surface area contributed by atoms with Crippen LogP contribution in [-0.2, 0) is 6.54 Å². The molecule has 154 valence electrons. The number of methoxy groups -OCH3 is 1. The topological polar surface area (TPSA) is 65.0 Å². The first kappa shape index (κ1) is 19.7. The van der Waals surface area contributed by atoms with E-state index in [1.807, 2.05) is 48.2 Å². The minimum atomic E-state index is -0.0495. The van der Waals surface area contributed by atoms with E-state index < -0.39 is 0 Å². The van der Waals surface area contributed by atoms with Gasteiger partial charge in [-0.2, -0.15) is 0 Å². The van der Waals surface area contributed by atoms with E-state index in [1.54, 1.807) is 7.11 Å². The zero-order valence-electron chi connectivity index (χ0n) is 17.0. The average molecular weight is 396 g/mol. The van der Waals surface area contributed by atoms with Gasteiger partial charge in [-0.25, -0.2) is 4.79 Å². The monoisotopic (exact) mass is 395 g/mol. The summed E-state index contributed by atoms with van der Waals surface area (Å²) in [5.74, 6) is 1.06. The molecule has 2 amide bonds. The fraction of sp³-hybridized carbons (Fsp3) is 0.435. The van der Waals surface area contributed by atoms with Crippen LogP contribution >= 0.6 is 0 Å². The third kappa shape index (κ3) is 3.58. The SMILES string of the molecule is CCCNC(=O)N1C[C@H]2[C@@H](c3ccccc31)[C@@H](CO)N2Cc1cccc(OC)c1. The number of likely N-dealkylation sites (tertiary alicyclic amines) is 1. The Bertz CT molecular complexity index is 872. The molecule has 0 aromatic heterocycles. The molecular formula is C23H29N3O3. The molecule has 1 saturated heterocycles. The van der Waals surface area contributed by atoms with Crippen molar-refractivity contribution in [1.82, 2.24) is 10.2 Å². The molecule has 0 saturated carbocycles. The molecule has 2 aliphatic heterocycles. The molecule has 2 aliphatic rings. The molecule has 0 unspecified atom stereocenters. The number of anilines is 1. The fourth-order valence-electron chi connectivity index (χ4n) is 4.70. The van der Waals surface area contributed by atoms with Crippen LogP contribution in [0.25, 0.3) is 0 Å². The molecule has 3 atom stereocenters. The highest BCUT2D eigenvalue weighted by atomic mass is 16.5. The molecule has 2 aromatic rings. The number of ether oxygens (including phenoxy) is 1. The standard InChI is InChI=1S/C23H29N3O3/c1-3-11-24-23(28)26-14-20-22(18-9-4-5-10-19(18)26)21(15-27)25(20)13-16-7-6-8-17(12-16)29-2/h4-10,12,20-22,27H,3,11,13-15H2,1-2H3,(H,24,28)/t20-,21+,22+/m0/s1. The second-order valence-corrected chi connectivity index (χ2v) is 7.77. The van der Waals surface area contributed by atoms with Crippen LogP contribution < -0.4 is 15.0 Å². The predicted molar refractivity (Wildman–Crippen MR) is 113 cm³/mol. The van der Waals surface area contributed by atoms with Gasteiger partial charge in [-0.1, -0.05) is 37.3 Å². The van der Waals surface area contributed by atoms with E-state index in [9.17, 15) is 9.90 Å². The zero-order valence-corrected chi connectivity index (χ0v) is 17.0. The normalized spacial score (nSPS) is 23.0. The smallest absolute Gasteiger partial charge is 0.321 e. The maximum Gasteiger partial charge on any atom is 0.321 e. The molecule has 6 heteroatoms. The van der Waals surface area contributed by atoms with E-state index >= 15 is 0 Å². The molecule has 0 aliphatic carbocycles. The number of urea groups is 1. The van der Waals surface area contributed by atoms with Crippen LogP contribution in [0.5, 0.6) is 5.75 Å². The number of nitrogens with zero attached hydrogens (tertiary/aromatic N) is 2. The maximum absolute atomic E-state index is 12.8. The summed E-state index contributed by atoms with van der Waals surface area (Å²) in [6, 6.07) is 16.3. The third-order valence-corrected chi connectivity index (χ3v) is 6.10. The number of carbonyl (C=O) groups is 1. The van der Waals surface area contributed by atoms with Crippen molar-refractivity contribution in [2.24, 2.45) is 0 Å². The van der Waals surface area contributed by atoms with Crippen molar-refractivity contribution in [3.05, 3.63) is 59.7 Å². The Morgan fingerprint density at radius 2 is 2.07 bits per heavy atom. The van der Waals surface area contributed by atoms with Gasteiger partial charge in [-0.15, -0.1) is 0 Å². The molecule has 4 rings (SSSR count). The lowest BCUT2D eigenvalue weighted by atomic mass is 9.72. The Balaban J connectivity index is 1.61. The number of para-hydroxylation sites is 1. The lowest BCUT2D eigenvalue weighted by Crippen LogP contribution is -2.69. The van der Waals surface area contributed by atoms with Gasteiger partial charge < -0.3 is 15.2 Å². The molecule has 0 spiro atoms. The molecule has 2 aromatic carbocycles. The van der Waals surface area contributed by atoms with Crippen molar-refractivity contribution in [3.8, 4) is 5.75 Å². The quantitative estimate of drug-likeness (QED) is 0.789. The van der Waals surface area contributed by atoms with Crippen LogP contribution in [0.3, 0.4) is 0 Å². The van der Waals surface area contributed by atoms with Crippen LogP contribution in [0, 0.1) is 0 Å². The number of rotatable bonds is 6. The van der Waals surface area contributed by atoms with E-state index in [2.05, 4.69) is 22.3 Å². The van der Waals surface area contributed by atoms with Crippen molar-refractivity contribution in [1.29, 1.82) is 0 Å². The highest BCUT2D eigenvalue weighted by molar-refractivity contribution is 5.94. The summed E-state index contributed by atoms with van der Waals surface area (Å²) in [6.07, 6.45) is 0.905. The first-order chi connectivity index (χ1) is 14.2. The summed E-state index contributed by atoms with van der Waals surface area (Å²) in [7, 11) is 1.67. The molecule has 1 fully saturated rings. The summed E-state index contributed by atoms with van der Waals surface area (Å²) in [5.41, 5.74) is 3.25. The van der Waals surface area contributed by atoms with Crippen LogP contribution in [0.4, 0.5) is 10.5 Å². The maximum atomic E-state index is 12.8. The second-order valence-electron chi connectivity index (χ2n) is 7.77. The molecule has 2 heterocycles. The van der Waals surface area contributed by atoms with Gasteiger partial charge in [0.25, 0.3) is 0 Å². The van der Waals surface area contributed by atoms with Crippen molar-refractivity contribution in [3.63, 3.8) is 0 Å². The summed E-state index contributed by atoms with van der Waals surface area (Å²) >= 11 is 0. The number of aliphatic hydroxyl groups excluding tert-OH is 1. The van der Waals surface area contributed by atoms with Gasteiger partial charge in [0.15, 0.2) is 0 Å². The van der Waals surface area contributed by atoms with Crippen LogP contribution in [0.1, 0.15) is 30.4 Å². The van der Waals surface area contributed by atoms with Gasteiger partial charge in [-0.05, 0) is 35.7 Å². The fourth-order valence-corrected chi connectivity index (χ4v) is 4.70. The highest BCUT2D eigenvalue weighted by Gasteiger charge is 2.53. The van der Waals surface area contributed by atoms with Crippen molar-refractivity contribution >= 4 is 11.7 Å². The number of fused-ring (bicyclic) bond motifs is 3. The highest BCUT2D eigenvalue weighted by Crippen LogP contribution is 2.48. The van der Waals surface area contributed by atoms with Crippen LogP contribution in [0.15, 0.2) is 48.5 Å². The average Bonchev–Trinajstić information content (AvgIpc) is 2.76. The Labute approximate surface area is 172 Å². The predicted octanol–water partition coefficient (Wildman–Crippen LogP) is 2.96. The number of nitrogens with one attached hydrogen (secondary N) is 1. The van der Waals surface area contributed by atoms with Crippen LogP contribution in [-0.4, -0.2) is 54.9 Å². The van der Waals surface area contributed by atoms with Gasteiger partial charge in [0.05, 0.1) is 13.7 Å². The van der Waals surface area contributed by atoms with Crippen molar-refractivity contribution < 1.29 is 14.6 Å². The number of hydrogen-bond acceptors (Lipinski definition) is 4. The van der Waals surface area contributed by atoms with E-state index in [-0.39, 0.29) is 30.6 Å². The molecule has 29 heavy (non-hydrogen) atoms. The van der Waals surface area contributed by atoms with Crippen molar-refractivity contribution in [2.45, 2.75) is 37.9 Å². The lowest BCUT2D eigenvalue weighted by molar-refractivity contribution is -0.0485. The summed E-state index contributed by atoms with van der Waals surface area (Å²) < 4.78 is 5.35. The summed E-state index contributed by atoms with van der Waals surface area (Å²) in [4.78, 5) is 17.0. The van der Waals surface area contributed by atoms with E-state index in [0.717, 1.165) is 35.5 Å². The number of carbonyl (C=O) groups excluding carboxylic acids is 1. The van der Waals surface area contributed by atoms with Crippen LogP contribution in [0.2, 0.25) is 0 Å². The number of hydrogen-bond donors (Lipinski definition) is 2. The van der Waals surface area contributed by atoms with Gasteiger partial charge in [-0.3, -0.25) is 9.80 Å². The lowest BCUT2D eigenvalue weighted by Gasteiger charge is -2.59. The molecule has 0 bridgehead atoms. The molecule has 0 radical (unpaired) electrons. The molecule has 6 nitrogen and oxygen atoms in total. The van der Waals surface area contributed by atoms with Gasteiger partial charge in [0, 0.05) is 43.3 Å². The Morgan fingerprint density at radius 3 is 2.83 bits per heavy atom. The Morgan fingerprint density at radius 1 is 1.24 bits per heavy atom. The first-order valence-corrected chi connectivity index (χ1v) is 10.3. The number of aliphatic hydroxyl groups is 1. The van der Waals surface area contributed by atoms with E-state index in [0.29, 0.717) is 13.1 Å². The van der Waals surface area contributed by atoms with E-state index in [4.69, 9.17) is 4.74 Å².